The second-order valence-electron chi connectivity index (χ2n) is 3.85. The highest BCUT2D eigenvalue weighted by molar-refractivity contribution is 7.98. The lowest BCUT2D eigenvalue weighted by atomic mass is 10.1. The van der Waals surface area contributed by atoms with Crippen molar-refractivity contribution in [2.24, 2.45) is 4.40 Å². The third-order valence-corrected chi connectivity index (χ3v) is 3.38. The number of alkyl halides is 3. The van der Waals surface area contributed by atoms with Gasteiger partial charge in [-0.2, -0.15) is 13.2 Å². The summed E-state index contributed by atoms with van der Waals surface area (Å²) in [5, 5.41) is 0.525. The molecule has 0 atom stereocenters. The Bertz CT molecular complexity index is 594. The van der Waals surface area contributed by atoms with Crippen LogP contribution in [0.3, 0.4) is 0 Å². The predicted octanol–water partition coefficient (Wildman–Crippen LogP) is 5.40. The molecule has 0 aromatic heterocycles. The Kier molecular flexibility index (Phi) is 4.73. The van der Waals surface area contributed by atoms with Crippen molar-refractivity contribution in [3.8, 4) is 0 Å². The molecule has 20 heavy (non-hydrogen) atoms. The van der Waals surface area contributed by atoms with Gasteiger partial charge >= 0.3 is 6.18 Å². The van der Waals surface area contributed by atoms with Crippen LogP contribution in [0.15, 0.2) is 63.9 Å². The SMILES string of the molecule is FC(F)(F)C(=NSc1ccc(Cl)cc1)c1ccccc1. The van der Waals surface area contributed by atoms with Crippen LogP contribution in [0.5, 0.6) is 0 Å². The molecule has 0 unspecified atom stereocenters. The molecule has 0 saturated heterocycles. The first-order chi connectivity index (χ1) is 9.47. The molecule has 0 amide bonds. The molecule has 104 valence electrons. The zero-order chi connectivity index (χ0) is 14.6. The number of rotatable bonds is 3. The Balaban J connectivity index is 2.28. The molecule has 0 aliphatic rings. The van der Waals surface area contributed by atoms with E-state index in [9.17, 15) is 13.2 Å². The van der Waals surface area contributed by atoms with Crippen LogP contribution in [0.1, 0.15) is 5.56 Å². The first kappa shape index (κ1) is 14.9. The fourth-order valence-electron chi connectivity index (χ4n) is 1.46. The van der Waals surface area contributed by atoms with Crippen molar-refractivity contribution in [3.63, 3.8) is 0 Å². The summed E-state index contributed by atoms with van der Waals surface area (Å²) in [6.07, 6.45) is -4.50. The van der Waals surface area contributed by atoms with Crippen molar-refractivity contribution in [1.82, 2.24) is 0 Å². The van der Waals surface area contributed by atoms with Crippen molar-refractivity contribution >= 4 is 29.3 Å². The predicted molar refractivity (Wildman–Crippen MR) is 76.3 cm³/mol. The van der Waals surface area contributed by atoms with E-state index in [1.54, 1.807) is 42.5 Å². The van der Waals surface area contributed by atoms with Gasteiger partial charge in [0.15, 0.2) is 5.71 Å². The van der Waals surface area contributed by atoms with Gasteiger partial charge in [-0.15, -0.1) is 0 Å². The highest BCUT2D eigenvalue weighted by atomic mass is 35.5. The monoisotopic (exact) mass is 315 g/mol. The molecule has 0 aliphatic carbocycles. The Labute approximate surface area is 123 Å². The summed E-state index contributed by atoms with van der Waals surface area (Å²) < 4.78 is 42.7. The molecule has 0 radical (unpaired) electrons. The van der Waals surface area contributed by atoms with Gasteiger partial charge in [-0.1, -0.05) is 41.9 Å². The number of benzene rings is 2. The third-order valence-electron chi connectivity index (χ3n) is 2.37. The second kappa shape index (κ2) is 6.33. The van der Waals surface area contributed by atoms with Crippen LogP contribution in [0.25, 0.3) is 0 Å². The van der Waals surface area contributed by atoms with E-state index in [0.29, 0.717) is 9.92 Å². The van der Waals surface area contributed by atoms with E-state index >= 15 is 0 Å². The zero-order valence-electron chi connectivity index (χ0n) is 10.1. The van der Waals surface area contributed by atoms with Gasteiger partial charge < -0.3 is 0 Å². The lowest BCUT2D eigenvalue weighted by molar-refractivity contribution is -0.0578. The van der Waals surface area contributed by atoms with E-state index in [4.69, 9.17) is 11.6 Å². The molecule has 0 aliphatic heterocycles. The minimum Gasteiger partial charge on any atom is -0.206 e. The fraction of sp³-hybridized carbons (Fsp3) is 0.0714. The molecule has 0 N–H and O–H groups in total. The molecule has 0 bridgehead atoms. The van der Waals surface area contributed by atoms with Gasteiger partial charge in [-0.25, -0.2) is 4.40 Å². The maximum Gasteiger partial charge on any atom is 0.434 e. The second-order valence-corrected chi connectivity index (χ2v) is 5.12. The van der Waals surface area contributed by atoms with E-state index in [1.807, 2.05) is 0 Å². The molecule has 0 heterocycles. The first-order valence-corrected chi connectivity index (χ1v) is 6.75. The molecule has 6 heteroatoms. The summed E-state index contributed by atoms with van der Waals surface area (Å²) in [5.74, 6) is 0. The Hall–Kier alpha value is -1.46. The van der Waals surface area contributed by atoms with Crippen molar-refractivity contribution in [3.05, 3.63) is 65.2 Å². The smallest absolute Gasteiger partial charge is 0.206 e. The van der Waals surface area contributed by atoms with Gasteiger partial charge in [-0.05, 0) is 24.3 Å². The Morgan fingerprint density at radius 1 is 0.950 bits per heavy atom. The van der Waals surface area contributed by atoms with Crippen LogP contribution in [0.2, 0.25) is 5.02 Å². The highest BCUT2D eigenvalue weighted by Crippen LogP contribution is 2.28. The maximum absolute atomic E-state index is 13.0. The number of hydrogen-bond acceptors (Lipinski definition) is 2. The van der Waals surface area contributed by atoms with Gasteiger partial charge in [0.25, 0.3) is 0 Å². The van der Waals surface area contributed by atoms with E-state index in [2.05, 4.69) is 4.40 Å². The average molecular weight is 316 g/mol. The van der Waals surface area contributed by atoms with Gasteiger partial charge in [0.2, 0.25) is 0 Å². The zero-order valence-corrected chi connectivity index (χ0v) is 11.6. The molecule has 2 aromatic carbocycles. The van der Waals surface area contributed by atoms with Gasteiger partial charge in [-0.3, -0.25) is 0 Å². The number of hydrogen-bond donors (Lipinski definition) is 0. The van der Waals surface area contributed by atoms with Crippen LogP contribution >= 0.6 is 23.5 Å². The summed E-state index contributed by atoms with van der Waals surface area (Å²) in [6, 6.07) is 14.0. The average Bonchev–Trinajstić information content (AvgIpc) is 2.41. The molecule has 0 spiro atoms. The molecule has 1 nitrogen and oxygen atoms in total. The van der Waals surface area contributed by atoms with Crippen molar-refractivity contribution in [2.45, 2.75) is 11.1 Å². The number of nitrogens with zero attached hydrogens (tertiary/aromatic N) is 1. The summed E-state index contributed by atoms with van der Waals surface area (Å²) in [4.78, 5) is 0.590. The highest BCUT2D eigenvalue weighted by Gasteiger charge is 2.36. The van der Waals surface area contributed by atoms with Crippen LogP contribution in [0, 0.1) is 0 Å². The van der Waals surface area contributed by atoms with E-state index in [-0.39, 0.29) is 5.56 Å². The topological polar surface area (TPSA) is 12.4 Å². The first-order valence-electron chi connectivity index (χ1n) is 5.60. The number of halogens is 4. The summed E-state index contributed by atoms with van der Waals surface area (Å²) in [5.41, 5.74) is -0.862. The van der Waals surface area contributed by atoms with Crippen LogP contribution in [-0.2, 0) is 0 Å². The molecular formula is C14H9ClF3NS. The minimum absolute atomic E-state index is 0.0430. The summed E-state index contributed by atoms with van der Waals surface area (Å²) in [7, 11) is 0. The lowest BCUT2D eigenvalue weighted by Crippen LogP contribution is -2.23. The van der Waals surface area contributed by atoms with Crippen LogP contribution in [-0.4, -0.2) is 11.9 Å². The molecule has 2 rings (SSSR count). The lowest BCUT2D eigenvalue weighted by Gasteiger charge is -2.10. The van der Waals surface area contributed by atoms with E-state index in [1.165, 1.54) is 12.1 Å². The van der Waals surface area contributed by atoms with Gasteiger partial charge in [0, 0.05) is 27.4 Å². The standard InChI is InChI=1S/C14H9ClF3NS/c15-11-6-8-12(9-7-11)20-19-13(14(16,17)18)10-4-2-1-3-5-10/h1-9H. The van der Waals surface area contributed by atoms with Crippen molar-refractivity contribution < 1.29 is 13.2 Å². The minimum atomic E-state index is -4.50. The van der Waals surface area contributed by atoms with Crippen molar-refractivity contribution in [2.75, 3.05) is 0 Å². The molecule has 0 fully saturated rings. The van der Waals surface area contributed by atoms with Gasteiger partial charge in [0.05, 0.1) is 0 Å². The summed E-state index contributed by atoms with van der Waals surface area (Å²) >= 11 is 6.49. The van der Waals surface area contributed by atoms with E-state index in [0.717, 1.165) is 11.9 Å². The fourth-order valence-corrected chi connectivity index (χ4v) is 2.25. The maximum atomic E-state index is 13.0. The Morgan fingerprint density at radius 2 is 1.55 bits per heavy atom. The quantitative estimate of drug-likeness (QED) is 0.546. The van der Waals surface area contributed by atoms with Crippen LogP contribution < -0.4 is 0 Å². The summed E-state index contributed by atoms with van der Waals surface area (Å²) in [6.45, 7) is 0. The largest absolute Gasteiger partial charge is 0.434 e. The normalized spacial score (nSPS) is 12.5. The molecular weight excluding hydrogens is 307 g/mol. The molecule has 0 saturated carbocycles. The molecule has 2 aromatic rings. The van der Waals surface area contributed by atoms with E-state index < -0.39 is 11.9 Å². The van der Waals surface area contributed by atoms with Crippen LogP contribution in [0.4, 0.5) is 13.2 Å². The van der Waals surface area contributed by atoms with Gasteiger partial charge in [0.1, 0.15) is 0 Å². The Morgan fingerprint density at radius 3 is 2.10 bits per heavy atom. The van der Waals surface area contributed by atoms with Crippen molar-refractivity contribution in [1.29, 1.82) is 0 Å². The third kappa shape index (κ3) is 4.02.